The van der Waals surface area contributed by atoms with Crippen LogP contribution in [0.5, 0.6) is 0 Å². The lowest BCUT2D eigenvalue weighted by molar-refractivity contribution is 0.251. The Balaban J connectivity index is 1.99. The summed E-state index contributed by atoms with van der Waals surface area (Å²) in [4.78, 5) is 12.0. The van der Waals surface area contributed by atoms with Gasteiger partial charge in [0, 0.05) is 12.2 Å². The molecule has 0 saturated heterocycles. The number of urea groups is 1. The zero-order valence-corrected chi connectivity index (χ0v) is 13.1. The summed E-state index contributed by atoms with van der Waals surface area (Å²) >= 11 is 0. The summed E-state index contributed by atoms with van der Waals surface area (Å²) < 4.78 is 12.8. The SMILES string of the molecule is CC(C)(C)c1ccccc1NC(=O)NCc1ccc(F)cc1. The summed E-state index contributed by atoms with van der Waals surface area (Å²) in [6.07, 6.45) is 0. The highest BCUT2D eigenvalue weighted by atomic mass is 19.1. The summed E-state index contributed by atoms with van der Waals surface area (Å²) in [5, 5.41) is 5.65. The normalized spacial score (nSPS) is 11.1. The molecule has 2 aromatic rings. The van der Waals surface area contributed by atoms with Gasteiger partial charge < -0.3 is 10.6 Å². The maximum absolute atomic E-state index is 12.8. The number of carbonyl (C=O) groups excluding carboxylic acids is 1. The van der Waals surface area contributed by atoms with Gasteiger partial charge >= 0.3 is 6.03 Å². The number of halogens is 1. The third kappa shape index (κ3) is 4.32. The number of benzene rings is 2. The van der Waals surface area contributed by atoms with Crippen LogP contribution in [0, 0.1) is 5.82 Å². The molecule has 0 spiro atoms. The number of anilines is 1. The quantitative estimate of drug-likeness (QED) is 0.864. The average Bonchev–Trinajstić information content (AvgIpc) is 2.46. The molecule has 0 unspecified atom stereocenters. The van der Waals surface area contributed by atoms with Crippen molar-refractivity contribution in [3.63, 3.8) is 0 Å². The van der Waals surface area contributed by atoms with Crippen molar-refractivity contribution in [1.82, 2.24) is 5.32 Å². The van der Waals surface area contributed by atoms with E-state index in [1.807, 2.05) is 24.3 Å². The van der Waals surface area contributed by atoms with E-state index in [2.05, 4.69) is 31.4 Å². The second kappa shape index (κ2) is 6.60. The van der Waals surface area contributed by atoms with Crippen LogP contribution in [0.1, 0.15) is 31.9 Å². The maximum Gasteiger partial charge on any atom is 0.319 e. The third-order valence-corrected chi connectivity index (χ3v) is 3.35. The second-order valence-corrected chi connectivity index (χ2v) is 6.23. The van der Waals surface area contributed by atoms with Crippen LogP contribution >= 0.6 is 0 Å². The van der Waals surface area contributed by atoms with E-state index in [9.17, 15) is 9.18 Å². The van der Waals surface area contributed by atoms with Crippen molar-refractivity contribution in [3.05, 3.63) is 65.5 Å². The molecule has 22 heavy (non-hydrogen) atoms. The fourth-order valence-electron chi connectivity index (χ4n) is 2.20. The smallest absolute Gasteiger partial charge is 0.319 e. The van der Waals surface area contributed by atoms with E-state index >= 15 is 0 Å². The topological polar surface area (TPSA) is 41.1 Å². The van der Waals surface area contributed by atoms with Crippen LogP contribution in [0.15, 0.2) is 48.5 Å². The highest BCUT2D eigenvalue weighted by molar-refractivity contribution is 5.90. The number of hydrogen-bond donors (Lipinski definition) is 2. The van der Waals surface area contributed by atoms with Gasteiger partial charge in [0.25, 0.3) is 0 Å². The predicted molar refractivity (Wildman–Crippen MR) is 87.4 cm³/mol. The standard InChI is InChI=1S/C18H21FN2O/c1-18(2,3)15-6-4-5-7-16(15)21-17(22)20-12-13-8-10-14(19)11-9-13/h4-11H,12H2,1-3H3,(H2,20,21,22). The fraction of sp³-hybridized carbons (Fsp3) is 0.278. The predicted octanol–water partition coefficient (Wildman–Crippen LogP) is 4.44. The molecule has 4 heteroatoms. The Morgan fingerprint density at radius 1 is 1.05 bits per heavy atom. The van der Waals surface area contributed by atoms with Crippen LogP contribution in [-0.2, 0) is 12.0 Å². The van der Waals surface area contributed by atoms with Crippen LogP contribution in [0.25, 0.3) is 0 Å². The Bertz CT molecular complexity index is 645. The first-order valence-corrected chi connectivity index (χ1v) is 7.25. The van der Waals surface area contributed by atoms with Gasteiger partial charge in [-0.15, -0.1) is 0 Å². The molecule has 0 fully saturated rings. The second-order valence-electron chi connectivity index (χ2n) is 6.23. The average molecular weight is 300 g/mol. The molecule has 0 aromatic heterocycles. The summed E-state index contributed by atoms with van der Waals surface area (Å²) in [7, 11) is 0. The van der Waals surface area contributed by atoms with Crippen molar-refractivity contribution < 1.29 is 9.18 Å². The zero-order valence-electron chi connectivity index (χ0n) is 13.1. The fourth-order valence-corrected chi connectivity index (χ4v) is 2.20. The van der Waals surface area contributed by atoms with Crippen molar-refractivity contribution in [2.24, 2.45) is 0 Å². The highest BCUT2D eigenvalue weighted by Crippen LogP contribution is 2.29. The molecule has 2 N–H and O–H groups in total. The van der Waals surface area contributed by atoms with Gasteiger partial charge in [0.1, 0.15) is 5.82 Å². The molecule has 0 saturated carbocycles. The molecule has 116 valence electrons. The first-order chi connectivity index (χ1) is 10.4. The molecule has 0 radical (unpaired) electrons. The largest absolute Gasteiger partial charge is 0.334 e. The van der Waals surface area contributed by atoms with Gasteiger partial charge in [-0.25, -0.2) is 9.18 Å². The lowest BCUT2D eigenvalue weighted by Gasteiger charge is -2.23. The number of rotatable bonds is 3. The molecule has 0 aliphatic rings. The number of hydrogen-bond acceptors (Lipinski definition) is 1. The molecule has 2 amide bonds. The van der Waals surface area contributed by atoms with Crippen LogP contribution in [-0.4, -0.2) is 6.03 Å². The number of para-hydroxylation sites is 1. The van der Waals surface area contributed by atoms with E-state index < -0.39 is 0 Å². The van der Waals surface area contributed by atoms with Crippen molar-refractivity contribution in [2.75, 3.05) is 5.32 Å². The minimum atomic E-state index is -0.285. The van der Waals surface area contributed by atoms with Gasteiger partial charge in [-0.3, -0.25) is 0 Å². The van der Waals surface area contributed by atoms with E-state index in [1.54, 1.807) is 12.1 Å². The molecular formula is C18H21FN2O. The molecule has 2 rings (SSSR count). The Hall–Kier alpha value is -2.36. The van der Waals surface area contributed by atoms with Crippen molar-refractivity contribution in [1.29, 1.82) is 0 Å². The van der Waals surface area contributed by atoms with E-state index in [1.165, 1.54) is 12.1 Å². The molecule has 0 aliphatic carbocycles. The first-order valence-electron chi connectivity index (χ1n) is 7.25. The zero-order chi connectivity index (χ0) is 16.2. The Morgan fingerprint density at radius 2 is 1.68 bits per heavy atom. The molecule has 3 nitrogen and oxygen atoms in total. The summed E-state index contributed by atoms with van der Waals surface area (Å²) in [6, 6.07) is 13.5. The van der Waals surface area contributed by atoms with E-state index in [4.69, 9.17) is 0 Å². The minimum Gasteiger partial charge on any atom is -0.334 e. The van der Waals surface area contributed by atoms with E-state index in [0.29, 0.717) is 6.54 Å². The van der Waals surface area contributed by atoms with Crippen LogP contribution < -0.4 is 10.6 Å². The van der Waals surface area contributed by atoms with Gasteiger partial charge in [0.05, 0.1) is 0 Å². The van der Waals surface area contributed by atoms with Crippen molar-refractivity contribution in [3.8, 4) is 0 Å². The minimum absolute atomic E-state index is 0.0547. The highest BCUT2D eigenvalue weighted by Gasteiger charge is 2.18. The van der Waals surface area contributed by atoms with E-state index in [0.717, 1.165) is 16.8 Å². The summed E-state index contributed by atoms with van der Waals surface area (Å²) in [6.45, 7) is 6.65. The summed E-state index contributed by atoms with van der Waals surface area (Å²) in [5.74, 6) is -0.285. The maximum atomic E-state index is 12.8. The molecule has 0 aliphatic heterocycles. The molecule has 0 bridgehead atoms. The van der Waals surface area contributed by atoms with Crippen molar-refractivity contribution in [2.45, 2.75) is 32.7 Å². The molecular weight excluding hydrogens is 279 g/mol. The van der Waals surface area contributed by atoms with Gasteiger partial charge in [0.2, 0.25) is 0 Å². The van der Waals surface area contributed by atoms with E-state index in [-0.39, 0.29) is 17.3 Å². The van der Waals surface area contributed by atoms with Gasteiger partial charge in [-0.2, -0.15) is 0 Å². The Morgan fingerprint density at radius 3 is 2.32 bits per heavy atom. The van der Waals surface area contributed by atoms with Crippen LogP contribution in [0.2, 0.25) is 0 Å². The number of nitrogens with one attached hydrogen (secondary N) is 2. The number of carbonyl (C=O) groups is 1. The van der Waals surface area contributed by atoms with Crippen LogP contribution in [0.4, 0.5) is 14.9 Å². The van der Waals surface area contributed by atoms with Gasteiger partial charge in [-0.05, 0) is 34.7 Å². The van der Waals surface area contributed by atoms with Gasteiger partial charge in [0.15, 0.2) is 0 Å². The molecule has 0 heterocycles. The Kier molecular flexibility index (Phi) is 4.81. The lowest BCUT2D eigenvalue weighted by atomic mass is 9.86. The monoisotopic (exact) mass is 300 g/mol. The number of amides is 2. The first kappa shape index (κ1) is 16.0. The molecule has 2 aromatic carbocycles. The lowest BCUT2D eigenvalue weighted by Crippen LogP contribution is -2.29. The van der Waals surface area contributed by atoms with Crippen LogP contribution in [0.3, 0.4) is 0 Å². The summed E-state index contributed by atoms with van der Waals surface area (Å²) in [5.41, 5.74) is 2.67. The third-order valence-electron chi connectivity index (χ3n) is 3.35. The van der Waals surface area contributed by atoms with Gasteiger partial charge in [-0.1, -0.05) is 51.1 Å². The Labute approximate surface area is 130 Å². The molecule has 0 atom stereocenters. The van der Waals surface area contributed by atoms with Crippen molar-refractivity contribution >= 4 is 11.7 Å².